The molecule has 0 spiro atoms. The number of aromatic nitrogens is 1. The number of hydrogen-bond donors (Lipinski definition) is 0. The molecule has 3 rings (SSSR count). The van der Waals surface area contributed by atoms with Gasteiger partial charge in [0.25, 0.3) is 0 Å². The van der Waals surface area contributed by atoms with Gasteiger partial charge in [-0.25, -0.2) is 9.37 Å². The number of pyridine rings is 1. The molecule has 0 amide bonds. The first-order valence-electron chi connectivity index (χ1n) is 9.80. The second-order valence-corrected chi connectivity index (χ2v) is 7.17. The zero-order valence-electron chi connectivity index (χ0n) is 17.0. The Morgan fingerprint density at radius 3 is 2.43 bits per heavy atom. The fraction of sp³-hybridized carbons (Fsp3) is 0.200. The lowest BCUT2D eigenvalue weighted by atomic mass is 9.95. The molecule has 0 saturated heterocycles. The SMILES string of the molecule is CC(C)C(/C=C/c1ccc(F)cc1)C(=O)OCc1cccc(Oc2ccccc2)n1. The molecule has 1 atom stereocenters. The Morgan fingerprint density at radius 1 is 1.00 bits per heavy atom. The van der Waals surface area contributed by atoms with Gasteiger partial charge in [0.1, 0.15) is 18.2 Å². The summed E-state index contributed by atoms with van der Waals surface area (Å²) >= 11 is 0. The van der Waals surface area contributed by atoms with Gasteiger partial charge in [0.15, 0.2) is 0 Å². The molecule has 0 aliphatic heterocycles. The number of nitrogens with zero attached hydrogens (tertiary/aromatic N) is 1. The first kappa shape index (κ1) is 21.2. The van der Waals surface area contributed by atoms with E-state index in [0.717, 1.165) is 5.56 Å². The number of esters is 1. The Labute approximate surface area is 176 Å². The first-order valence-corrected chi connectivity index (χ1v) is 9.80. The average molecular weight is 405 g/mol. The minimum absolute atomic E-state index is 0.0508. The molecule has 0 aliphatic rings. The Bertz CT molecular complexity index is 985. The van der Waals surface area contributed by atoms with E-state index in [2.05, 4.69) is 4.98 Å². The van der Waals surface area contributed by atoms with Crippen LogP contribution in [0.2, 0.25) is 0 Å². The molecule has 154 valence electrons. The predicted molar refractivity (Wildman–Crippen MR) is 114 cm³/mol. The minimum Gasteiger partial charge on any atom is -0.459 e. The number of carbonyl (C=O) groups is 1. The standard InChI is InChI=1S/C25H24FNO3/c1-18(2)23(16-13-19-11-14-20(26)15-12-19)25(28)29-17-21-7-6-10-24(27-21)30-22-8-4-3-5-9-22/h3-16,18,23H,17H2,1-2H3/b16-13+. The molecular weight excluding hydrogens is 381 g/mol. The minimum atomic E-state index is -0.418. The number of para-hydroxylation sites is 1. The molecule has 3 aromatic rings. The number of hydrogen-bond acceptors (Lipinski definition) is 4. The summed E-state index contributed by atoms with van der Waals surface area (Å²) < 4.78 is 24.3. The second kappa shape index (κ2) is 10.3. The third-order valence-electron chi connectivity index (χ3n) is 4.47. The molecule has 0 N–H and O–H groups in total. The summed E-state index contributed by atoms with van der Waals surface area (Å²) in [6.45, 7) is 3.96. The molecule has 1 heterocycles. The Morgan fingerprint density at radius 2 is 1.73 bits per heavy atom. The lowest BCUT2D eigenvalue weighted by Gasteiger charge is -2.16. The second-order valence-electron chi connectivity index (χ2n) is 7.17. The van der Waals surface area contributed by atoms with Crippen molar-refractivity contribution in [2.75, 3.05) is 0 Å². The van der Waals surface area contributed by atoms with Gasteiger partial charge in [-0.05, 0) is 41.8 Å². The molecule has 0 radical (unpaired) electrons. The number of halogens is 1. The highest BCUT2D eigenvalue weighted by Gasteiger charge is 2.21. The van der Waals surface area contributed by atoms with Crippen molar-refractivity contribution in [2.45, 2.75) is 20.5 Å². The van der Waals surface area contributed by atoms with Gasteiger partial charge in [-0.15, -0.1) is 0 Å². The van der Waals surface area contributed by atoms with Gasteiger partial charge in [0.05, 0.1) is 11.6 Å². The molecule has 30 heavy (non-hydrogen) atoms. The summed E-state index contributed by atoms with van der Waals surface area (Å²) in [6, 6.07) is 20.8. The molecular formula is C25H24FNO3. The maximum Gasteiger partial charge on any atom is 0.313 e. The highest BCUT2D eigenvalue weighted by atomic mass is 19.1. The van der Waals surface area contributed by atoms with Crippen molar-refractivity contribution >= 4 is 12.0 Å². The molecule has 0 bridgehead atoms. The van der Waals surface area contributed by atoms with Crippen molar-refractivity contribution in [3.8, 4) is 11.6 Å². The van der Waals surface area contributed by atoms with Gasteiger partial charge in [-0.1, -0.05) is 62.4 Å². The summed E-state index contributed by atoms with van der Waals surface area (Å²) in [6.07, 6.45) is 3.60. The van der Waals surface area contributed by atoms with Gasteiger partial charge in [-0.2, -0.15) is 0 Å². The van der Waals surface area contributed by atoms with Gasteiger partial charge in [0.2, 0.25) is 5.88 Å². The van der Waals surface area contributed by atoms with Crippen LogP contribution in [0, 0.1) is 17.7 Å². The monoisotopic (exact) mass is 405 g/mol. The quantitative estimate of drug-likeness (QED) is 0.429. The fourth-order valence-corrected chi connectivity index (χ4v) is 2.81. The smallest absolute Gasteiger partial charge is 0.313 e. The van der Waals surface area contributed by atoms with Crippen molar-refractivity contribution in [2.24, 2.45) is 11.8 Å². The normalized spacial score (nSPS) is 12.1. The Kier molecular flexibility index (Phi) is 7.33. The van der Waals surface area contributed by atoms with E-state index in [1.165, 1.54) is 12.1 Å². The van der Waals surface area contributed by atoms with E-state index in [-0.39, 0.29) is 24.3 Å². The molecule has 4 nitrogen and oxygen atoms in total. The molecule has 1 unspecified atom stereocenters. The molecule has 1 aromatic heterocycles. The first-order chi connectivity index (χ1) is 14.5. The third kappa shape index (κ3) is 6.27. The Hall–Kier alpha value is -3.47. The van der Waals surface area contributed by atoms with E-state index < -0.39 is 5.92 Å². The molecule has 0 saturated carbocycles. The predicted octanol–water partition coefficient (Wildman–Crippen LogP) is 6.04. The highest BCUT2D eigenvalue weighted by Crippen LogP contribution is 2.20. The van der Waals surface area contributed by atoms with Crippen molar-refractivity contribution < 1.29 is 18.7 Å². The average Bonchev–Trinajstić information content (AvgIpc) is 2.74. The van der Waals surface area contributed by atoms with Crippen molar-refractivity contribution in [1.29, 1.82) is 0 Å². The maximum absolute atomic E-state index is 13.0. The summed E-state index contributed by atoms with van der Waals surface area (Å²) in [5, 5.41) is 0. The van der Waals surface area contributed by atoms with Gasteiger partial charge in [0, 0.05) is 6.07 Å². The summed E-state index contributed by atoms with van der Waals surface area (Å²) in [5.74, 6) is 0.127. The molecule has 0 fully saturated rings. The van der Waals surface area contributed by atoms with Crippen LogP contribution < -0.4 is 4.74 Å². The van der Waals surface area contributed by atoms with Gasteiger partial charge in [-0.3, -0.25) is 4.79 Å². The van der Waals surface area contributed by atoms with Crippen LogP contribution in [0.15, 0.2) is 78.9 Å². The van der Waals surface area contributed by atoms with E-state index in [0.29, 0.717) is 17.3 Å². The summed E-state index contributed by atoms with van der Waals surface area (Å²) in [4.78, 5) is 17.0. The van der Waals surface area contributed by atoms with E-state index in [1.54, 1.807) is 36.4 Å². The summed E-state index contributed by atoms with van der Waals surface area (Å²) in [5.41, 5.74) is 1.42. The van der Waals surface area contributed by atoms with E-state index >= 15 is 0 Å². The maximum atomic E-state index is 13.0. The summed E-state index contributed by atoms with van der Waals surface area (Å²) in [7, 11) is 0. The van der Waals surface area contributed by atoms with Gasteiger partial charge < -0.3 is 9.47 Å². The van der Waals surface area contributed by atoms with Gasteiger partial charge >= 0.3 is 5.97 Å². The van der Waals surface area contributed by atoms with E-state index in [1.807, 2.05) is 50.2 Å². The van der Waals surface area contributed by atoms with Crippen LogP contribution >= 0.6 is 0 Å². The largest absolute Gasteiger partial charge is 0.459 e. The highest BCUT2D eigenvalue weighted by molar-refractivity contribution is 5.76. The fourth-order valence-electron chi connectivity index (χ4n) is 2.81. The van der Waals surface area contributed by atoms with Crippen LogP contribution in [0.4, 0.5) is 4.39 Å². The number of rotatable bonds is 8. The van der Waals surface area contributed by atoms with E-state index in [4.69, 9.17) is 9.47 Å². The number of carbonyl (C=O) groups excluding carboxylic acids is 1. The Balaban J connectivity index is 1.61. The van der Waals surface area contributed by atoms with E-state index in [9.17, 15) is 9.18 Å². The van der Waals surface area contributed by atoms with Crippen molar-refractivity contribution in [3.05, 3.63) is 95.9 Å². The van der Waals surface area contributed by atoms with Crippen molar-refractivity contribution in [1.82, 2.24) is 4.98 Å². The van der Waals surface area contributed by atoms with Crippen LogP contribution in [-0.4, -0.2) is 11.0 Å². The molecule has 5 heteroatoms. The topological polar surface area (TPSA) is 48.4 Å². The van der Waals surface area contributed by atoms with Crippen LogP contribution in [0.1, 0.15) is 25.1 Å². The van der Waals surface area contributed by atoms with Crippen LogP contribution in [0.25, 0.3) is 6.08 Å². The zero-order valence-corrected chi connectivity index (χ0v) is 17.0. The zero-order chi connectivity index (χ0) is 21.3. The van der Waals surface area contributed by atoms with Crippen LogP contribution in [0.5, 0.6) is 11.6 Å². The third-order valence-corrected chi connectivity index (χ3v) is 4.47. The van der Waals surface area contributed by atoms with Crippen LogP contribution in [0.3, 0.4) is 0 Å². The van der Waals surface area contributed by atoms with Crippen LogP contribution in [-0.2, 0) is 16.1 Å². The number of benzene rings is 2. The molecule has 2 aromatic carbocycles. The molecule has 0 aliphatic carbocycles. The lowest BCUT2D eigenvalue weighted by molar-refractivity contribution is -0.149. The number of ether oxygens (including phenoxy) is 2. The van der Waals surface area contributed by atoms with Crippen molar-refractivity contribution in [3.63, 3.8) is 0 Å². The lowest BCUT2D eigenvalue weighted by Crippen LogP contribution is -2.21.